The van der Waals surface area contributed by atoms with E-state index in [9.17, 15) is 8.78 Å². The fraction of sp³-hybridized carbons (Fsp3) is 0.680. The molecule has 1 aromatic rings. The minimum Gasteiger partial charge on any atom is -0.204 e. The number of hydrogen-bond donors (Lipinski definition) is 0. The van der Waals surface area contributed by atoms with Crippen molar-refractivity contribution in [1.29, 1.82) is 0 Å². The van der Waals surface area contributed by atoms with Gasteiger partial charge in [0.2, 0.25) is 0 Å². The number of benzene rings is 1. The van der Waals surface area contributed by atoms with E-state index in [1.54, 1.807) is 18.2 Å². The monoisotopic (exact) mass is 374 g/mol. The zero-order chi connectivity index (χ0) is 19.1. The lowest BCUT2D eigenvalue weighted by molar-refractivity contribution is 0.141. The zero-order valence-corrected chi connectivity index (χ0v) is 16.9. The molecule has 0 atom stereocenters. The minimum absolute atomic E-state index is 0.359. The van der Waals surface area contributed by atoms with Gasteiger partial charge in [0.05, 0.1) is 0 Å². The molecule has 2 saturated carbocycles. The maximum absolute atomic E-state index is 13.6. The average Bonchev–Trinajstić information content (AvgIpc) is 2.70. The van der Waals surface area contributed by atoms with Crippen molar-refractivity contribution in [2.45, 2.75) is 84.0 Å². The maximum Gasteiger partial charge on any atom is 0.166 e. The number of hydrogen-bond acceptors (Lipinski definition) is 0. The summed E-state index contributed by atoms with van der Waals surface area (Å²) in [5, 5.41) is 0. The lowest BCUT2D eigenvalue weighted by Gasteiger charge is -2.38. The quantitative estimate of drug-likeness (QED) is 0.451. The van der Waals surface area contributed by atoms with Gasteiger partial charge in [0.25, 0.3) is 0 Å². The highest BCUT2D eigenvalue weighted by molar-refractivity contribution is 5.49. The lowest BCUT2D eigenvalue weighted by Crippen LogP contribution is -2.25. The summed E-state index contributed by atoms with van der Waals surface area (Å²) in [5.74, 6) is 2.30. The highest BCUT2D eigenvalue weighted by atomic mass is 19.2. The largest absolute Gasteiger partial charge is 0.204 e. The second kappa shape index (κ2) is 10.4. The predicted molar refractivity (Wildman–Crippen MR) is 110 cm³/mol. The molecule has 2 heteroatoms. The van der Waals surface area contributed by atoms with Gasteiger partial charge < -0.3 is 0 Å². The summed E-state index contributed by atoms with van der Waals surface area (Å²) in [7, 11) is 0. The minimum atomic E-state index is -0.765. The molecule has 0 amide bonds. The van der Waals surface area contributed by atoms with Crippen molar-refractivity contribution in [2.24, 2.45) is 23.7 Å². The van der Waals surface area contributed by atoms with E-state index < -0.39 is 11.6 Å². The second-order valence-corrected chi connectivity index (χ2v) is 8.97. The zero-order valence-electron chi connectivity index (χ0n) is 16.9. The van der Waals surface area contributed by atoms with Crippen LogP contribution >= 0.6 is 0 Å². The van der Waals surface area contributed by atoms with Crippen molar-refractivity contribution < 1.29 is 8.78 Å². The molecule has 3 rings (SSSR count). The van der Waals surface area contributed by atoms with E-state index in [1.807, 2.05) is 6.08 Å². The molecule has 0 bridgehead atoms. The van der Waals surface area contributed by atoms with Gasteiger partial charge in [-0.3, -0.25) is 0 Å². The third-order valence-electron chi connectivity index (χ3n) is 7.17. The molecule has 0 aromatic heterocycles. The molecule has 0 heterocycles. The van der Waals surface area contributed by atoms with E-state index >= 15 is 0 Å². The molecule has 0 spiro atoms. The van der Waals surface area contributed by atoms with Crippen LogP contribution in [-0.4, -0.2) is 0 Å². The molecule has 1 aromatic carbocycles. The Morgan fingerprint density at radius 1 is 0.852 bits per heavy atom. The van der Waals surface area contributed by atoms with Gasteiger partial charge in [-0.15, -0.1) is 0 Å². The van der Waals surface area contributed by atoms with Gasteiger partial charge in [-0.2, -0.15) is 0 Å². The fourth-order valence-corrected chi connectivity index (χ4v) is 5.50. The van der Waals surface area contributed by atoms with Crippen molar-refractivity contribution in [2.75, 3.05) is 0 Å². The van der Waals surface area contributed by atoms with E-state index in [-0.39, 0.29) is 0 Å². The third kappa shape index (κ3) is 5.90. The van der Waals surface area contributed by atoms with Gasteiger partial charge in [0.1, 0.15) is 0 Å². The first-order chi connectivity index (χ1) is 13.2. The van der Waals surface area contributed by atoms with Crippen LogP contribution in [-0.2, 0) is 0 Å². The van der Waals surface area contributed by atoms with Crippen LogP contribution < -0.4 is 0 Å². The van der Waals surface area contributed by atoms with E-state index in [0.717, 1.165) is 30.1 Å². The molecule has 0 unspecified atom stereocenters. The Hall–Kier alpha value is -1.18. The summed E-state index contributed by atoms with van der Waals surface area (Å²) in [5.41, 5.74) is 0.359. The van der Waals surface area contributed by atoms with Crippen LogP contribution in [0.2, 0.25) is 0 Å². The molecular weight excluding hydrogens is 338 g/mol. The Bertz CT molecular complexity index is 590. The molecule has 0 saturated heterocycles. The van der Waals surface area contributed by atoms with E-state index in [2.05, 4.69) is 6.92 Å². The van der Waals surface area contributed by atoms with Crippen LogP contribution in [0.15, 0.2) is 24.3 Å². The maximum atomic E-state index is 13.6. The Balaban J connectivity index is 1.35. The van der Waals surface area contributed by atoms with Crippen LogP contribution in [0.25, 0.3) is 6.08 Å². The first-order valence-electron chi connectivity index (χ1n) is 11.3. The van der Waals surface area contributed by atoms with Crippen LogP contribution in [0.5, 0.6) is 0 Å². The van der Waals surface area contributed by atoms with Crippen molar-refractivity contribution in [3.63, 3.8) is 0 Å². The topological polar surface area (TPSA) is 0 Å². The van der Waals surface area contributed by atoms with Gasteiger partial charge in [0.15, 0.2) is 11.6 Å². The number of rotatable bonds is 7. The molecular formula is C25H36F2. The summed E-state index contributed by atoms with van der Waals surface area (Å²) in [6.07, 6.45) is 20.1. The normalized spacial score (nSPS) is 29.3. The van der Waals surface area contributed by atoms with Gasteiger partial charge in [0, 0.05) is 5.56 Å². The summed E-state index contributed by atoms with van der Waals surface area (Å²) < 4.78 is 26.9. The van der Waals surface area contributed by atoms with Crippen molar-refractivity contribution in [3.8, 4) is 0 Å². The summed E-state index contributed by atoms with van der Waals surface area (Å²) in [6.45, 7) is 2.32. The first kappa shape index (κ1) is 20.6. The fourth-order valence-electron chi connectivity index (χ4n) is 5.50. The molecule has 150 valence electrons. The van der Waals surface area contributed by atoms with Gasteiger partial charge in [-0.05, 0) is 68.3 Å². The summed E-state index contributed by atoms with van der Waals surface area (Å²) in [6, 6.07) is 4.37. The van der Waals surface area contributed by atoms with Gasteiger partial charge >= 0.3 is 0 Å². The molecule has 2 aliphatic carbocycles. The van der Waals surface area contributed by atoms with Crippen molar-refractivity contribution >= 4 is 6.08 Å². The summed E-state index contributed by atoms with van der Waals surface area (Å²) in [4.78, 5) is 0. The highest BCUT2D eigenvalue weighted by Crippen LogP contribution is 2.42. The van der Waals surface area contributed by atoms with Gasteiger partial charge in [-0.1, -0.05) is 69.7 Å². The van der Waals surface area contributed by atoms with Crippen LogP contribution in [0, 0.1) is 35.3 Å². The molecule has 27 heavy (non-hydrogen) atoms. The lowest BCUT2D eigenvalue weighted by atomic mass is 9.68. The van der Waals surface area contributed by atoms with E-state index in [1.165, 1.54) is 76.7 Å². The van der Waals surface area contributed by atoms with Crippen LogP contribution in [0.3, 0.4) is 0 Å². The predicted octanol–water partition coefficient (Wildman–Crippen LogP) is 8.17. The smallest absolute Gasteiger partial charge is 0.166 e. The Morgan fingerprint density at radius 3 is 2.04 bits per heavy atom. The summed E-state index contributed by atoms with van der Waals surface area (Å²) >= 11 is 0. The molecule has 0 nitrogen and oxygen atoms in total. The van der Waals surface area contributed by atoms with E-state index in [4.69, 9.17) is 0 Å². The average molecular weight is 375 g/mol. The standard InChI is InChI=1S/C25H36F2/c1-2-6-19-11-15-21(16-12-19)22-17-13-20(14-18-22)7-3-4-8-23-9-5-10-24(26)25(23)27/h4-5,8-10,19-22H,2-3,6-7,11-18H2,1H3. The number of allylic oxidation sites excluding steroid dienone is 1. The molecule has 0 aliphatic heterocycles. The third-order valence-corrected chi connectivity index (χ3v) is 7.17. The molecule has 2 aliphatic rings. The molecule has 0 N–H and O–H groups in total. The van der Waals surface area contributed by atoms with Crippen LogP contribution in [0.1, 0.15) is 89.5 Å². The number of halogens is 2. The van der Waals surface area contributed by atoms with Crippen molar-refractivity contribution in [3.05, 3.63) is 41.5 Å². The van der Waals surface area contributed by atoms with Crippen molar-refractivity contribution in [1.82, 2.24) is 0 Å². The highest BCUT2D eigenvalue weighted by Gasteiger charge is 2.30. The second-order valence-electron chi connectivity index (χ2n) is 8.97. The Kier molecular flexibility index (Phi) is 7.91. The SMILES string of the molecule is CCCC1CCC(C2CCC(CCC=Cc3cccc(F)c3F)CC2)CC1. The molecule has 2 fully saturated rings. The Morgan fingerprint density at radius 2 is 1.44 bits per heavy atom. The Labute approximate surface area is 164 Å². The molecule has 0 radical (unpaired) electrons. The first-order valence-corrected chi connectivity index (χ1v) is 11.3. The van der Waals surface area contributed by atoms with E-state index in [0.29, 0.717) is 5.56 Å². The van der Waals surface area contributed by atoms with Crippen LogP contribution in [0.4, 0.5) is 8.78 Å². The van der Waals surface area contributed by atoms with Gasteiger partial charge in [-0.25, -0.2) is 8.78 Å².